The van der Waals surface area contributed by atoms with Crippen molar-refractivity contribution in [3.8, 4) is 0 Å². The number of carboxylic acids is 1. The summed E-state index contributed by atoms with van der Waals surface area (Å²) in [7, 11) is 3.95. The summed E-state index contributed by atoms with van der Waals surface area (Å²) in [5, 5.41) is 12.1. The molecule has 2 N–H and O–H groups in total. The number of rotatable bonds is 8. The second-order valence-corrected chi connectivity index (χ2v) is 6.75. The molecule has 20 heavy (non-hydrogen) atoms. The van der Waals surface area contributed by atoms with Gasteiger partial charge in [0.25, 0.3) is 0 Å². The van der Waals surface area contributed by atoms with Gasteiger partial charge in [0.05, 0.1) is 0 Å². The largest absolute Gasteiger partial charge is 0.480 e. The lowest BCUT2D eigenvalue weighted by atomic mass is 9.86. The third-order valence-corrected chi connectivity index (χ3v) is 4.99. The van der Waals surface area contributed by atoms with Crippen molar-refractivity contribution in [2.24, 2.45) is 5.92 Å². The molecule has 0 aromatic rings. The molecule has 1 saturated carbocycles. The number of nitrogens with zero attached hydrogens (tertiary/aromatic N) is 1. The second kappa shape index (κ2) is 7.99. The Balaban J connectivity index is 2.25. The van der Waals surface area contributed by atoms with Crippen LogP contribution in [0.1, 0.15) is 58.8 Å². The Morgan fingerprint density at radius 2 is 2.10 bits per heavy atom. The van der Waals surface area contributed by atoms with E-state index in [4.69, 9.17) is 0 Å². The smallest absolute Gasteiger partial charge is 0.323 e. The highest BCUT2D eigenvalue weighted by Gasteiger charge is 2.30. The molecule has 0 aliphatic heterocycles. The Kier molecular flexibility index (Phi) is 6.96. The minimum Gasteiger partial charge on any atom is -0.480 e. The maximum atomic E-state index is 11.2. The molecule has 3 atom stereocenters. The Morgan fingerprint density at radius 1 is 1.40 bits per heavy atom. The lowest BCUT2D eigenvalue weighted by Crippen LogP contribution is -2.47. The molecule has 1 fully saturated rings. The molecule has 3 unspecified atom stereocenters. The van der Waals surface area contributed by atoms with Crippen molar-refractivity contribution in [3.05, 3.63) is 0 Å². The Hall–Kier alpha value is -0.610. The van der Waals surface area contributed by atoms with E-state index in [0.717, 1.165) is 31.3 Å². The molecule has 0 aromatic heterocycles. The predicted octanol–water partition coefficient (Wildman–Crippen LogP) is 2.73. The van der Waals surface area contributed by atoms with E-state index in [1.54, 1.807) is 14.0 Å². The molecule has 0 aromatic carbocycles. The summed E-state index contributed by atoms with van der Waals surface area (Å²) in [6.07, 6.45) is 8.09. The van der Waals surface area contributed by atoms with Gasteiger partial charge in [-0.2, -0.15) is 0 Å². The summed E-state index contributed by atoms with van der Waals surface area (Å²) in [5.74, 6) is 0.102. The first-order valence-electron chi connectivity index (χ1n) is 8.01. The number of unbranched alkanes of at least 4 members (excludes halogenated alkanes) is 1. The summed E-state index contributed by atoms with van der Waals surface area (Å²) in [6.45, 7) is 5.20. The molecule has 4 heteroatoms. The molecule has 0 heterocycles. The fourth-order valence-corrected chi connectivity index (χ4v) is 3.16. The summed E-state index contributed by atoms with van der Waals surface area (Å²) >= 11 is 0. The van der Waals surface area contributed by atoms with E-state index in [2.05, 4.69) is 24.2 Å². The Bertz CT molecular complexity index is 309. The molecule has 1 aliphatic rings. The predicted molar refractivity (Wildman–Crippen MR) is 83.0 cm³/mol. The monoisotopic (exact) mass is 284 g/mol. The number of hydrogen-bond donors (Lipinski definition) is 2. The fraction of sp³-hybridized carbons (Fsp3) is 0.938. The van der Waals surface area contributed by atoms with Crippen LogP contribution in [-0.2, 0) is 4.79 Å². The van der Waals surface area contributed by atoms with E-state index in [0.29, 0.717) is 6.42 Å². The summed E-state index contributed by atoms with van der Waals surface area (Å²) < 4.78 is 0. The first-order chi connectivity index (χ1) is 9.39. The van der Waals surface area contributed by atoms with Crippen LogP contribution in [0.5, 0.6) is 0 Å². The molecule has 1 rings (SSSR count). The van der Waals surface area contributed by atoms with Gasteiger partial charge in [0.2, 0.25) is 0 Å². The van der Waals surface area contributed by atoms with Crippen LogP contribution in [0.4, 0.5) is 0 Å². The van der Waals surface area contributed by atoms with Crippen LogP contribution in [0.3, 0.4) is 0 Å². The number of nitrogens with one attached hydrogen (secondary N) is 1. The maximum absolute atomic E-state index is 11.2. The molecular weight excluding hydrogens is 252 g/mol. The van der Waals surface area contributed by atoms with Gasteiger partial charge in [0.15, 0.2) is 0 Å². The highest BCUT2D eigenvalue weighted by molar-refractivity contribution is 5.78. The van der Waals surface area contributed by atoms with Crippen LogP contribution in [0.2, 0.25) is 0 Å². The molecule has 118 valence electrons. The van der Waals surface area contributed by atoms with Crippen molar-refractivity contribution in [2.45, 2.75) is 70.4 Å². The lowest BCUT2D eigenvalue weighted by molar-refractivity contribution is -0.144. The average Bonchev–Trinajstić information content (AvgIpc) is 2.42. The SMILES string of the molecule is CNC(C)(CCCCN(C)C1CCCC(C)C1)C(=O)O. The van der Waals surface area contributed by atoms with Gasteiger partial charge in [0, 0.05) is 6.04 Å². The van der Waals surface area contributed by atoms with Crippen molar-refractivity contribution in [2.75, 3.05) is 20.6 Å². The highest BCUT2D eigenvalue weighted by atomic mass is 16.4. The number of likely N-dealkylation sites (N-methyl/N-ethyl adjacent to an activating group) is 1. The maximum Gasteiger partial charge on any atom is 0.323 e. The third kappa shape index (κ3) is 5.06. The Morgan fingerprint density at radius 3 is 2.65 bits per heavy atom. The van der Waals surface area contributed by atoms with Crippen molar-refractivity contribution >= 4 is 5.97 Å². The van der Waals surface area contributed by atoms with E-state index < -0.39 is 11.5 Å². The van der Waals surface area contributed by atoms with Crippen LogP contribution >= 0.6 is 0 Å². The van der Waals surface area contributed by atoms with Gasteiger partial charge in [-0.25, -0.2) is 0 Å². The first kappa shape index (κ1) is 17.4. The van der Waals surface area contributed by atoms with Gasteiger partial charge in [-0.05, 0) is 65.6 Å². The molecular formula is C16H32N2O2. The standard InChI is InChI=1S/C16H32N2O2/c1-13-8-7-9-14(12-13)18(4)11-6-5-10-16(2,17-3)15(19)20/h13-14,17H,5-12H2,1-4H3,(H,19,20). The van der Waals surface area contributed by atoms with Gasteiger partial charge >= 0.3 is 5.97 Å². The summed E-state index contributed by atoms with van der Waals surface area (Å²) in [5.41, 5.74) is -0.780. The van der Waals surface area contributed by atoms with Gasteiger partial charge in [-0.1, -0.05) is 19.8 Å². The fourth-order valence-electron chi connectivity index (χ4n) is 3.16. The van der Waals surface area contributed by atoms with Crippen molar-refractivity contribution in [3.63, 3.8) is 0 Å². The average molecular weight is 284 g/mol. The topological polar surface area (TPSA) is 52.6 Å². The van der Waals surface area contributed by atoms with E-state index in [1.165, 1.54) is 25.7 Å². The number of carbonyl (C=O) groups is 1. The third-order valence-electron chi connectivity index (χ3n) is 4.99. The van der Waals surface area contributed by atoms with E-state index in [9.17, 15) is 9.90 Å². The lowest BCUT2D eigenvalue weighted by Gasteiger charge is -2.34. The van der Waals surface area contributed by atoms with Crippen LogP contribution in [0, 0.1) is 5.92 Å². The van der Waals surface area contributed by atoms with E-state index in [-0.39, 0.29) is 0 Å². The van der Waals surface area contributed by atoms with E-state index in [1.807, 2.05) is 0 Å². The highest BCUT2D eigenvalue weighted by Crippen LogP contribution is 2.26. The zero-order valence-corrected chi connectivity index (χ0v) is 13.6. The second-order valence-electron chi connectivity index (χ2n) is 6.75. The zero-order chi connectivity index (χ0) is 15.2. The molecule has 0 radical (unpaired) electrons. The summed E-state index contributed by atoms with van der Waals surface area (Å²) in [6, 6.07) is 0.730. The molecule has 0 bridgehead atoms. The normalized spacial score (nSPS) is 26.4. The number of hydrogen-bond acceptors (Lipinski definition) is 3. The summed E-state index contributed by atoms with van der Waals surface area (Å²) in [4.78, 5) is 13.7. The molecule has 0 saturated heterocycles. The molecule has 4 nitrogen and oxygen atoms in total. The minimum absolute atomic E-state index is 0.688. The van der Waals surface area contributed by atoms with Gasteiger partial charge in [-0.3, -0.25) is 4.79 Å². The molecule has 0 amide bonds. The quantitative estimate of drug-likeness (QED) is 0.673. The van der Waals surface area contributed by atoms with Crippen LogP contribution < -0.4 is 5.32 Å². The van der Waals surface area contributed by atoms with Gasteiger partial charge < -0.3 is 15.3 Å². The van der Waals surface area contributed by atoms with Crippen molar-refractivity contribution in [1.29, 1.82) is 0 Å². The zero-order valence-electron chi connectivity index (χ0n) is 13.6. The molecule has 1 aliphatic carbocycles. The van der Waals surface area contributed by atoms with Crippen LogP contribution in [0.25, 0.3) is 0 Å². The Labute approximate surface area is 123 Å². The van der Waals surface area contributed by atoms with Gasteiger partial charge in [0.1, 0.15) is 5.54 Å². The van der Waals surface area contributed by atoms with E-state index >= 15 is 0 Å². The van der Waals surface area contributed by atoms with Gasteiger partial charge in [-0.15, -0.1) is 0 Å². The van der Waals surface area contributed by atoms with Crippen molar-refractivity contribution < 1.29 is 9.90 Å². The van der Waals surface area contributed by atoms with Crippen LogP contribution in [-0.4, -0.2) is 48.2 Å². The minimum atomic E-state index is -0.780. The van der Waals surface area contributed by atoms with Crippen LogP contribution in [0.15, 0.2) is 0 Å². The molecule has 0 spiro atoms. The number of aliphatic carboxylic acids is 1. The number of carboxylic acid groups (broad SMARTS) is 1. The first-order valence-corrected chi connectivity index (χ1v) is 8.01. The van der Waals surface area contributed by atoms with Crippen molar-refractivity contribution in [1.82, 2.24) is 10.2 Å².